The Morgan fingerprint density at radius 3 is 2.76 bits per heavy atom. The molecule has 0 aromatic carbocycles. The van der Waals surface area contributed by atoms with Gasteiger partial charge >= 0.3 is 0 Å². The lowest BCUT2D eigenvalue weighted by atomic mass is 10.1. The number of aliphatic hydroxyl groups excluding tert-OH is 1. The Kier molecular flexibility index (Phi) is 3.96. The molecule has 0 amide bonds. The minimum atomic E-state index is -0.766. The van der Waals surface area contributed by atoms with Crippen LogP contribution in [0.15, 0.2) is 33.6 Å². The Balaban J connectivity index is 2.33. The van der Waals surface area contributed by atoms with Gasteiger partial charge in [-0.1, -0.05) is 0 Å². The molecule has 2 heterocycles. The summed E-state index contributed by atoms with van der Waals surface area (Å²) in [6.07, 6.45) is 4.37. The standard InChI is InChI=1S/C11H11Br2N3O/c1-2-16-6-7(4-15-16)11(17)10-9(13)3-8(12)5-14-10/h3-6,11,17H,2H2,1H3. The van der Waals surface area contributed by atoms with Crippen molar-refractivity contribution in [1.82, 2.24) is 14.8 Å². The molecular formula is C11H11Br2N3O. The van der Waals surface area contributed by atoms with Crippen molar-refractivity contribution in [3.63, 3.8) is 0 Å². The molecule has 2 rings (SSSR count). The average molecular weight is 361 g/mol. The summed E-state index contributed by atoms with van der Waals surface area (Å²) in [5, 5.41) is 14.3. The normalized spacial score (nSPS) is 12.7. The van der Waals surface area contributed by atoms with Gasteiger partial charge in [0.05, 0.1) is 11.9 Å². The minimum absolute atomic E-state index is 0.587. The van der Waals surface area contributed by atoms with Gasteiger partial charge in [0.2, 0.25) is 0 Å². The maximum Gasteiger partial charge on any atom is 0.125 e. The van der Waals surface area contributed by atoms with Crippen LogP contribution in [-0.4, -0.2) is 19.9 Å². The predicted octanol–water partition coefficient (Wildman–Crippen LogP) is 2.90. The molecule has 4 nitrogen and oxygen atoms in total. The smallest absolute Gasteiger partial charge is 0.125 e. The Bertz CT molecular complexity index is 527. The molecule has 0 bridgehead atoms. The largest absolute Gasteiger partial charge is 0.382 e. The number of hydrogen-bond donors (Lipinski definition) is 1. The summed E-state index contributed by atoms with van der Waals surface area (Å²) in [5.41, 5.74) is 1.33. The van der Waals surface area contributed by atoms with E-state index >= 15 is 0 Å². The van der Waals surface area contributed by atoms with E-state index in [2.05, 4.69) is 41.9 Å². The van der Waals surface area contributed by atoms with Crippen molar-refractivity contribution < 1.29 is 5.11 Å². The highest BCUT2D eigenvalue weighted by Gasteiger charge is 2.17. The Labute approximate surface area is 116 Å². The summed E-state index contributed by atoms with van der Waals surface area (Å²) in [6.45, 7) is 2.78. The van der Waals surface area contributed by atoms with E-state index < -0.39 is 6.10 Å². The lowest BCUT2D eigenvalue weighted by Crippen LogP contribution is -2.02. The zero-order valence-corrected chi connectivity index (χ0v) is 12.3. The number of hydrogen-bond acceptors (Lipinski definition) is 3. The second kappa shape index (κ2) is 5.29. The number of pyridine rings is 1. The molecule has 17 heavy (non-hydrogen) atoms. The highest BCUT2D eigenvalue weighted by Crippen LogP contribution is 2.28. The van der Waals surface area contributed by atoms with E-state index in [1.807, 2.05) is 19.2 Å². The van der Waals surface area contributed by atoms with Gasteiger partial charge in [0, 0.05) is 33.4 Å². The monoisotopic (exact) mass is 359 g/mol. The number of rotatable bonds is 3. The van der Waals surface area contributed by atoms with Crippen LogP contribution < -0.4 is 0 Å². The fraction of sp³-hybridized carbons (Fsp3) is 0.273. The predicted molar refractivity (Wildman–Crippen MR) is 71.6 cm³/mol. The van der Waals surface area contributed by atoms with Gasteiger partial charge in [0.1, 0.15) is 6.10 Å². The summed E-state index contributed by atoms with van der Waals surface area (Å²) >= 11 is 6.72. The topological polar surface area (TPSA) is 50.9 Å². The van der Waals surface area contributed by atoms with Crippen LogP contribution >= 0.6 is 31.9 Å². The van der Waals surface area contributed by atoms with E-state index in [4.69, 9.17) is 0 Å². The summed E-state index contributed by atoms with van der Waals surface area (Å²) in [5.74, 6) is 0. The Morgan fingerprint density at radius 1 is 1.41 bits per heavy atom. The quantitative estimate of drug-likeness (QED) is 0.915. The van der Waals surface area contributed by atoms with Gasteiger partial charge < -0.3 is 5.11 Å². The van der Waals surface area contributed by atoms with Crippen molar-refractivity contribution in [2.75, 3.05) is 0 Å². The summed E-state index contributed by atoms with van der Waals surface area (Å²) in [4.78, 5) is 4.21. The first-order valence-corrected chi connectivity index (χ1v) is 6.71. The van der Waals surface area contributed by atoms with Crippen LogP contribution in [0, 0.1) is 0 Å². The lowest BCUT2D eigenvalue weighted by molar-refractivity contribution is 0.214. The molecule has 1 atom stereocenters. The fourth-order valence-corrected chi connectivity index (χ4v) is 2.68. The molecule has 0 saturated heterocycles. The highest BCUT2D eigenvalue weighted by molar-refractivity contribution is 9.11. The zero-order valence-electron chi connectivity index (χ0n) is 9.14. The van der Waals surface area contributed by atoms with Gasteiger partial charge in [-0.25, -0.2) is 0 Å². The summed E-state index contributed by atoms with van der Waals surface area (Å²) in [7, 11) is 0. The van der Waals surface area contributed by atoms with E-state index in [9.17, 15) is 5.11 Å². The molecule has 0 aliphatic heterocycles. The molecule has 90 valence electrons. The first-order chi connectivity index (χ1) is 8.11. The SMILES string of the molecule is CCn1cc(C(O)c2ncc(Br)cc2Br)cn1. The zero-order chi connectivity index (χ0) is 12.4. The first kappa shape index (κ1) is 12.7. The van der Waals surface area contributed by atoms with E-state index in [1.165, 1.54) is 0 Å². The average Bonchev–Trinajstić information content (AvgIpc) is 2.76. The number of aryl methyl sites for hydroxylation is 1. The molecule has 0 spiro atoms. The van der Waals surface area contributed by atoms with Gasteiger partial charge in [0.25, 0.3) is 0 Å². The van der Waals surface area contributed by atoms with Crippen molar-refractivity contribution >= 4 is 31.9 Å². The Morgan fingerprint density at radius 2 is 2.18 bits per heavy atom. The van der Waals surface area contributed by atoms with Crippen molar-refractivity contribution in [1.29, 1.82) is 0 Å². The molecule has 0 fully saturated rings. The van der Waals surface area contributed by atoms with E-state index in [0.29, 0.717) is 5.69 Å². The van der Waals surface area contributed by atoms with Crippen molar-refractivity contribution in [2.45, 2.75) is 19.6 Å². The molecule has 1 unspecified atom stereocenters. The highest BCUT2D eigenvalue weighted by atomic mass is 79.9. The molecule has 0 aliphatic rings. The second-order valence-corrected chi connectivity index (χ2v) is 5.32. The van der Waals surface area contributed by atoms with Crippen LogP contribution in [-0.2, 0) is 6.54 Å². The Hall–Kier alpha value is -0.720. The summed E-state index contributed by atoms with van der Waals surface area (Å²) in [6, 6.07) is 1.86. The fourth-order valence-electron chi connectivity index (χ4n) is 1.48. The summed E-state index contributed by atoms with van der Waals surface area (Å²) < 4.78 is 3.40. The van der Waals surface area contributed by atoms with E-state index in [-0.39, 0.29) is 0 Å². The van der Waals surface area contributed by atoms with Gasteiger partial charge in [-0.15, -0.1) is 0 Å². The van der Waals surface area contributed by atoms with Gasteiger partial charge in [0.15, 0.2) is 0 Å². The number of nitrogens with zero attached hydrogens (tertiary/aromatic N) is 3. The molecule has 0 radical (unpaired) electrons. The lowest BCUT2D eigenvalue weighted by Gasteiger charge is -2.09. The third kappa shape index (κ3) is 2.75. The van der Waals surface area contributed by atoms with E-state index in [0.717, 1.165) is 21.1 Å². The second-order valence-electron chi connectivity index (χ2n) is 3.55. The van der Waals surface area contributed by atoms with Gasteiger partial charge in [-0.3, -0.25) is 9.67 Å². The third-order valence-electron chi connectivity index (χ3n) is 2.39. The molecular weight excluding hydrogens is 350 g/mol. The first-order valence-electron chi connectivity index (χ1n) is 5.13. The number of aromatic nitrogens is 3. The number of aliphatic hydroxyl groups is 1. The van der Waals surface area contributed by atoms with Crippen LogP contribution in [0.2, 0.25) is 0 Å². The van der Waals surface area contributed by atoms with Crippen molar-refractivity contribution in [3.05, 3.63) is 44.9 Å². The van der Waals surface area contributed by atoms with E-state index in [1.54, 1.807) is 17.1 Å². The van der Waals surface area contributed by atoms with Crippen LogP contribution in [0.4, 0.5) is 0 Å². The molecule has 2 aromatic rings. The minimum Gasteiger partial charge on any atom is -0.382 e. The van der Waals surface area contributed by atoms with Crippen LogP contribution in [0.5, 0.6) is 0 Å². The van der Waals surface area contributed by atoms with Gasteiger partial charge in [-0.05, 0) is 44.8 Å². The maximum atomic E-state index is 10.2. The molecule has 6 heteroatoms. The van der Waals surface area contributed by atoms with Crippen LogP contribution in [0.3, 0.4) is 0 Å². The van der Waals surface area contributed by atoms with Crippen molar-refractivity contribution in [2.24, 2.45) is 0 Å². The number of halogens is 2. The van der Waals surface area contributed by atoms with Crippen LogP contribution in [0.25, 0.3) is 0 Å². The molecule has 0 saturated carbocycles. The van der Waals surface area contributed by atoms with Crippen LogP contribution in [0.1, 0.15) is 24.3 Å². The van der Waals surface area contributed by atoms with Gasteiger partial charge in [-0.2, -0.15) is 5.10 Å². The third-order valence-corrected chi connectivity index (χ3v) is 3.46. The molecule has 1 N–H and O–H groups in total. The maximum absolute atomic E-state index is 10.2. The van der Waals surface area contributed by atoms with Crippen molar-refractivity contribution in [3.8, 4) is 0 Å². The molecule has 2 aromatic heterocycles. The molecule has 0 aliphatic carbocycles.